The highest BCUT2D eigenvalue weighted by atomic mass is 19.1. The lowest BCUT2D eigenvalue weighted by molar-refractivity contribution is -0.140. The van der Waals surface area contributed by atoms with Crippen molar-refractivity contribution < 1.29 is 28.7 Å². The molecule has 34 heavy (non-hydrogen) atoms. The molecule has 0 bridgehead atoms. The van der Waals surface area contributed by atoms with Crippen LogP contribution in [0.2, 0.25) is 0 Å². The predicted octanol–water partition coefficient (Wildman–Crippen LogP) is 2.96. The number of carbonyl (C=O) groups excluding carboxylic acids is 3. The quantitative estimate of drug-likeness (QED) is 0.466. The Kier molecular flexibility index (Phi) is 7.55. The minimum Gasteiger partial charge on any atom is -0.481 e. The molecule has 3 rings (SSSR count). The molecule has 1 aromatic heterocycles. The third-order valence-electron chi connectivity index (χ3n) is 5.78. The summed E-state index contributed by atoms with van der Waals surface area (Å²) >= 11 is 0. The number of carboxylic acids is 1. The van der Waals surface area contributed by atoms with Crippen molar-refractivity contribution in [2.45, 2.75) is 32.7 Å². The molecule has 2 unspecified atom stereocenters. The van der Waals surface area contributed by atoms with E-state index >= 15 is 0 Å². The molecular weight excluding hydrogens is 443 g/mol. The largest absolute Gasteiger partial charge is 0.481 e. The number of carboxylic acid groups (broad SMARTS) is 1. The van der Waals surface area contributed by atoms with Gasteiger partial charge in [-0.25, -0.2) is 4.39 Å². The SMILES string of the molecule is CC(C)C(CC(=O)n1c2ccccc2c(=O)c2ccccc21)C(=O)NC(CC(=O)O)C(=O)CF. The van der Waals surface area contributed by atoms with Crippen molar-refractivity contribution >= 4 is 45.4 Å². The third kappa shape index (κ3) is 5.03. The molecular formula is C25H25FN2O6. The predicted molar refractivity (Wildman–Crippen MR) is 124 cm³/mol. The van der Waals surface area contributed by atoms with Crippen LogP contribution in [0.25, 0.3) is 21.8 Å². The Morgan fingerprint density at radius 1 is 0.941 bits per heavy atom. The smallest absolute Gasteiger partial charge is 0.305 e. The summed E-state index contributed by atoms with van der Waals surface area (Å²) in [7, 11) is 0. The van der Waals surface area contributed by atoms with E-state index < -0.39 is 48.6 Å². The highest BCUT2D eigenvalue weighted by Crippen LogP contribution is 2.23. The van der Waals surface area contributed by atoms with Gasteiger partial charge in [0.2, 0.25) is 11.8 Å². The number of halogens is 1. The maximum Gasteiger partial charge on any atom is 0.305 e. The number of fused-ring (bicyclic) bond motifs is 2. The van der Waals surface area contributed by atoms with E-state index in [1.807, 2.05) is 0 Å². The molecule has 0 radical (unpaired) electrons. The first-order chi connectivity index (χ1) is 16.1. The van der Waals surface area contributed by atoms with Gasteiger partial charge in [-0.3, -0.25) is 28.5 Å². The zero-order chi connectivity index (χ0) is 25.0. The Bertz CT molecular complexity index is 1270. The average molecular weight is 468 g/mol. The summed E-state index contributed by atoms with van der Waals surface area (Å²) in [5.41, 5.74) is 0.584. The molecule has 0 saturated heterocycles. The molecule has 3 aromatic rings. The molecule has 2 N–H and O–H groups in total. The summed E-state index contributed by atoms with van der Waals surface area (Å²) in [5, 5.41) is 12.0. The Morgan fingerprint density at radius 2 is 1.47 bits per heavy atom. The van der Waals surface area contributed by atoms with Gasteiger partial charge >= 0.3 is 5.97 Å². The van der Waals surface area contributed by atoms with Gasteiger partial charge in [0.05, 0.1) is 17.5 Å². The zero-order valence-corrected chi connectivity index (χ0v) is 18.8. The first kappa shape index (κ1) is 24.8. The van der Waals surface area contributed by atoms with Crippen LogP contribution in [0.4, 0.5) is 4.39 Å². The molecule has 178 valence electrons. The summed E-state index contributed by atoms with van der Waals surface area (Å²) in [5.74, 6) is -4.86. The molecule has 0 saturated carbocycles. The van der Waals surface area contributed by atoms with Crippen LogP contribution in [0.15, 0.2) is 53.3 Å². The number of aromatic nitrogens is 1. The van der Waals surface area contributed by atoms with Crippen LogP contribution in [0.5, 0.6) is 0 Å². The molecule has 1 amide bonds. The second kappa shape index (κ2) is 10.4. The highest BCUT2D eigenvalue weighted by molar-refractivity contribution is 6.03. The van der Waals surface area contributed by atoms with Crippen LogP contribution in [0.1, 0.15) is 31.5 Å². The number of ketones is 1. The van der Waals surface area contributed by atoms with Crippen molar-refractivity contribution in [3.05, 3.63) is 58.8 Å². The van der Waals surface area contributed by atoms with Crippen molar-refractivity contribution in [2.24, 2.45) is 11.8 Å². The topological polar surface area (TPSA) is 123 Å². The number of para-hydroxylation sites is 2. The van der Waals surface area contributed by atoms with Gasteiger partial charge in [-0.2, -0.15) is 0 Å². The second-order valence-electron chi connectivity index (χ2n) is 8.41. The maximum absolute atomic E-state index is 13.5. The Morgan fingerprint density at radius 3 is 1.94 bits per heavy atom. The van der Waals surface area contributed by atoms with E-state index in [0.717, 1.165) is 0 Å². The number of alkyl halides is 1. The maximum atomic E-state index is 13.5. The molecule has 2 aromatic carbocycles. The summed E-state index contributed by atoms with van der Waals surface area (Å²) in [6, 6.07) is 11.8. The number of rotatable bonds is 9. The van der Waals surface area contributed by atoms with Gasteiger partial charge in [0, 0.05) is 23.1 Å². The van der Waals surface area contributed by atoms with Crippen molar-refractivity contribution in [3.63, 3.8) is 0 Å². The zero-order valence-electron chi connectivity index (χ0n) is 18.8. The molecule has 2 atom stereocenters. The number of hydrogen-bond donors (Lipinski definition) is 2. The lowest BCUT2D eigenvalue weighted by atomic mass is 9.90. The fraction of sp³-hybridized carbons (Fsp3) is 0.320. The van der Waals surface area contributed by atoms with Crippen LogP contribution in [0.3, 0.4) is 0 Å². The normalized spacial score (nSPS) is 13.1. The van der Waals surface area contributed by atoms with Gasteiger partial charge in [-0.1, -0.05) is 38.1 Å². The Hall–Kier alpha value is -3.88. The minimum absolute atomic E-state index is 0.213. The van der Waals surface area contributed by atoms with E-state index in [0.29, 0.717) is 21.8 Å². The van der Waals surface area contributed by atoms with Gasteiger partial charge < -0.3 is 10.4 Å². The molecule has 0 spiro atoms. The number of benzene rings is 2. The van der Waals surface area contributed by atoms with Crippen molar-refractivity contribution in [2.75, 3.05) is 6.67 Å². The molecule has 1 heterocycles. The van der Waals surface area contributed by atoms with Crippen LogP contribution in [-0.4, -0.2) is 46.0 Å². The number of carbonyl (C=O) groups is 4. The van der Waals surface area contributed by atoms with E-state index in [-0.39, 0.29) is 17.8 Å². The molecule has 8 nitrogen and oxygen atoms in total. The number of pyridine rings is 1. The second-order valence-corrected chi connectivity index (χ2v) is 8.41. The lowest BCUT2D eigenvalue weighted by Gasteiger charge is -2.24. The molecule has 0 aliphatic carbocycles. The van der Waals surface area contributed by atoms with E-state index in [9.17, 15) is 28.4 Å². The van der Waals surface area contributed by atoms with Gasteiger partial charge in [-0.15, -0.1) is 0 Å². The molecule has 0 fully saturated rings. The van der Waals surface area contributed by atoms with Crippen LogP contribution < -0.4 is 10.7 Å². The Balaban J connectivity index is 2.00. The van der Waals surface area contributed by atoms with Crippen molar-refractivity contribution in [3.8, 4) is 0 Å². The lowest BCUT2D eigenvalue weighted by Crippen LogP contribution is -2.47. The van der Waals surface area contributed by atoms with E-state index in [1.54, 1.807) is 62.4 Å². The molecule has 9 heteroatoms. The Labute approximate surface area is 194 Å². The van der Waals surface area contributed by atoms with Crippen LogP contribution >= 0.6 is 0 Å². The first-order valence-electron chi connectivity index (χ1n) is 10.8. The monoisotopic (exact) mass is 468 g/mol. The number of aliphatic carboxylic acids is 1. The van der Waals surface area contributed by atoms with Crippen molar-refractivity contribution in [1.29, 1.82) is 0 Å². The fourth-order valence-electron chi connectivity index (χ4n) is 3.97. The van der Waals surface area contributed by atoms with E-state index in [2.05, 4.69) is 5.32 Å². The van der Waals surface area contributed by atoms with E-state index in [1.165, 1.54) is 4.57 Å². The van der Waals surface area contributed by atoms with Crippen LogP contribution in [0, 0.1) is 11.8 Å². The summed E-state index contributed by atoms with van der Waals surface area (Å²) in [4.78, 5) is 62.2. The summed E-state index contributed by atoms with van der Waals surface area (Å²) in [6.45, 7) is 2.00. The number of nitrogens with zero attached hydrogens (tertiary/aromatic N) is 1. The number of Topliss-reactive ketones (excluding diaryl/α,β-unsaturated/α-hetero) is 1. The van der Waals surface area contributed by atoms with Crippen molar-refractivity contribution in [1.82, 2.24) is 9.88 Å². The van der Waals surface area contributed by atoms with Gasteiger partial charge in [-0.05, 0) is 30.2 Å². The minimum atomic E-state index is -1.53. The molecule has 0 aliphatic rings. The number of nitrogens with one attached hydrogen (secondary N) is 1. The van der Waals surface area contributed by atoms with Gasteiger partial charge in [0.25, 0.3) is 0 Å². The number of hydrogen-bond acceptors (Lipinski definition) is 5. The summed E-state index contributed by atoms with van der Waals surface area (Å²) < 4.78 is 14.3. The number of amides is 1. The third-order valence-corrected chi connectivity index (χ3v) is 5.78. The van der Waals surface area contributed by atoms with Gasteiger partial charge in [0.1, 0.15) is 12.7 Å². The summed E-state index contributed by atoms with van der Waals surface area (Å²) in [6.07, 6.45) is -1.04. The standard InChI is InChI=1S/C25H25FN2O6/c1-14(2)17(25(34)27-18(12-23(31)32)21(29)13-26)11-22(30)28-19-9-5-3-7-15(19)24(33)16-8-4-6-10-20(16)28/h3-10,14,17-18H,11-13H2,1-2H3,(H,27,34)(H,31,32). The average Bonchev–Trinajstić information content (AvgIpc) is 2.81. The first-order valence-corrected chi connectivity index (χ1v) is 10.8. The highest BCUT2D eigenvalue weighted by Gasteiger charge is 2.31. The van der Waals surface area contributed by atoms with Crippen LogP contribution in [-0.2, 0) is 14.4 Å². The molecule has 0 aliphatic heterocycles. The van der Waals surface area contributed by atoms with E-state index in [4.69, 9.17) is 5.11 Å². The fourth-order valence-corrected chi connectivity index (χ4v) is 3.97. The van der Waals surface area contributed by atoms with Gasteiger partial charge in [0.15, 0.2) is 11.2 Å².